The summed E-state index contributed by atoms with van der Waals surface area (Å²) in [5.41, 5.74) is 0.561. The van der Waals surface area contributed by atoms with Gasteiger partial charge in [-0.1, -0.05) is 19.9 Å². The smallest absolute Gasteiger partial charge is 0.249 e. The average Bonchev–Trinajstić information content (AvgIpc) is 2.34. The highest BCUT2D eigenvalue weighted by molar-refractivity contribution is 5.97. The summed E-state index contributed by atoms with van der Waals surface area (Å²) in [6.07, 6.45) is 2.25. The van der Waals surface area contributed by atoms with Gasteiger partial charge in [0.15, 0.2) is 6.04 Å². The van der Waals surface area contributed by atoms with Gasteiger partial charge in [0.1, 0.15) is 6.04 Å². The highest BCUT2D eigenvalue weighted by Gasteiger charge is 2.35. The Labute approximate surface area is 106 Å². The number of hydrogen-bond acceptors (Lipinski definition) is 3. The molecule has 96 valence electrons. The number of rotatable bonds is 3. The second kappa shape index (κ2) is 5.16. The van der Waals surface area contributed by atoms with Gasteiger partial charge in [0.05, 0.1) is 5.69 Å². The van der Waals surface area contributed by atoms with Crippen molar-refractivity contribution in [3.63, 3.8) is 0 Å². The average molecular weight is 247 g/mol. The van der Waals surface area contributed by atoms with Crippen LogP contribution < -0.4 is 10.6 Å². The number of amides is 2. The minimum absolute atomic E-state index is 0.140. The first-order valence-electron chi connectivity index (χ1n) is 6.09. The molecule has 0 aromatic carbocycles. The van der Waals surface area contributed by atoms with Gasteiger partial charge in [-0.15, -0.1) is 0 Å². The largest absolute Gasteiger partial charge is 0.342 e. The first-order valence-corrected chi connectivity index (χ1v) is 6.09. The molecule has 1 saturated heterocycles. The van der Waals surface area contributed by atoms with E-state index in [1.807, 2.05) is 13.8 Å². The Morgan fingerprint density at radius 3 is 2.61 bits per heavy atom. The molecular formula is C13H17N3O2. The van der Waals surface area contributed by atoms with Crippen LogP contribution in [0.25, 0.3) is 0 Å². The summed E-state index contributed by atoms with van der Waals surface area (Å²) >= 11 is 0. The maximum Gasteiger partial charge on any atom is 0.249 e. The molecule has 5 heteroatoms. The Morgan fingerprint density at radius 1 is 1.22 bits per heavy atom. The van der Waals surface area contributed by atoms with Crippen LogP contribution >= 0.6 is 0 Å². The van der Waals surface area contributed by atoms with Crippen molar-refractivity contribution in [3.05, 3.63) is 30.1 Å². The maximum atomic E-state index is 12.0. The Bertz CT molecular complexity index is 445. The van der Waals surface area contributed by atoms with E-state index in [1.165, 1.54) is 0 Å². The summed E-state index contributed by atoms with van der Waals surface area (Å²) in [5.74, 6) is 0.0188. The molecule has 0 aliphatic carbocycles. The summed E-state index contributed by atoms with van der Waals surface area (Å²) in [6.45, 7) is 4.04. The molecule has 2 heterocycles. The van der Waals surface area contributed by atoms with Gasteiger partial charge < -0.3 is 10.6 Å². The quantitative estimate of drug-likeness (QED) is 0.829. The van der Waals surface area contributed by atoms with Crippen LogP contribution in [-0.2, 0) is 9.59 Å². The standard InChI is InChI=1S/C13H17N3O2/c1-8(2)7-10-12(17)16-11(13(18)15-10)9-5-3-4-6-14-9/h3-6,8,10-11H,7H2,1-2H3,(H,15,18)(H,16,17)/t10-,11?/m1/s1. The fourth-order valence-corrected chi connectivity index (χ4v) is 2.02. The number of carbonyl (C=O) groups excluding carboxylic acids is 2. The zero-order chi connectivity index (χ0) is 13.1. The molecule has 0 spiro atoms. The molecule has 18 heavy (non-hydrogen) atoms. The van der Waals surface area contributed by atoms with Gasteiger partial charge in [-0.05, 0) is 24.5 Å². The van der Waals surface area contributed by atoms with Gasteiger partial charge in [-0.3, -0.25) is 14.6 Å². The van der Waals surface area contributed by atoms with Crippen molar-refractivity contribution in [2.45, 2.75) is 32.4 Å². The third-order valence-electron chi connectivity index (χ3n) is 2.87. The van der Waals surface area contributed by atoms with E-state index in [1.54, 1.807) is 24.4 Å². The Hall–Kier alpha value is -1.91. The van der Waals surface area contributed by atoms with Crippen LogP contribution in [0, 0.1) is 5.92 Å². The van der Waals surface area contributed by atoms with Crippen molar-refractivity contribution in [3.8, 4) is 0 Å². The third kappa shape index (κ3) is 2.67. The van der Waals surface area contributed by atoms with Gasteiger partial charge in [0.2, 0.25) is 11.8 Å². The molecule has 2 rings (SSSR count). The Morgan fingerprint density at radius 2 is 2.00 bits per heavy atom. The van der Waals surface area contributed by atoms with Crippen molar-refractivity contribution in [2.75, 3.05) is 0 Å². The van der Waals surface area contributed by atoms with E-state index >= 15 is 0 Å². The number of pyridine rings is 1. The monoisotopic (exact) mass is 247 g/mol. The van der Waals surface area contributed by atoms with Crippen LogP contribution in [0.15, 0.2) is 24.4 Å². The lowest BCUT2D eigenvalue weighted by atomic mass is 9.99. The lowest BCUT2D eigenvalue weighted by Gasteiger charge is -2.30. The van der Waals surface area contributed by atoms with Crippen LogP contribution in [0.4, 0.5) is 0 Å². The van der Waals surface area contributed by atoms with E-state index in [0.717, 1.165) is 0 Å². The number of hydrogen-bond donors (Lipinski definition) is 2. The van der Waals surface area contributed by atoms with Crippen LogP contribution in [-0.4, -0.2) is 22.8 Å². The summed E-state index contributed by atoms with van der Waals surface area (Å²) in [5, 5.41) is 5.48. The van der Waals surface area contributed by atoms with Gasteiger partial charge in [-0.25, -0.2) is 0 Å². The minimum Gasteiger partial charge on any atom is -0.342 e. The van der Waals surface area contributed by atoms with Gasteiger partial charge in [-0.2, -0.15) is 0 Å². The Balaban J connectivity index is 2.11. The molecule has 0 radical (unpaired) electrons. The van der Waals surface area contributed by atoms with E-state index < -0.39 is 12.1 Å². The number of piperazine rings is 1. The molecule has 0 bridgehead atoms. The van der Waals surface area contributed by atoms with Crippen molar-refractivity contribution < 1.29 is 9.59 Å². The van der Waals surface area contributed by atoms with Crippen molar-refractivity contribution >= 4 is 11.8 Å². The predicted octanol–water partition coefficient (Wildman–Crippen LogP) is 0.783. The third-order valence-corrected chi connectivity index (χ3v) is 2.87. The number of aromatic nitrogens is 1. The van der Waals surface area contributed by atoms with Gasteiger partial charge in [0, 0.05) is 6.20 Å². The molecule has 2 amide bonds. The number of nitrogens with one attached hydrogen (secondary N) is 2. The van der Waals surface area contributed by atoms with Crippen LogP contribution in [0.1, 0.15) is 32.0 Å². The SMILES string of the molecule is CC(C)C[C@H]1NC(=O)C(c2ccccn2)NC1=O. The molecular weight excluding hydrogens is 230 g/mol. The summed E-state index contributed by atoms with van der Waals surface area (Å²) in [6, 6.07) is 4.18. The predicted molar refractivity (Wildman–Crippen MR) is 66.5 cm³/mol. The maximum absolute atomic E-state index is 12.0. The molecule has 0 saturated carbocycles. The van der Waals surface area contributed by atoms with Crippen molar-refractivity contribution in [2.24, 2.45) is 5.92 Å². The van der Waals surface area contributed by atoms with E-state index in [9.17, 15) is 9.59 Å². The Kier molecular flexibility index (Phi) is 3.60. The molecule has 5 nitrogen and oxygen atoms in total. The van der Waals surface area contributed by atoms with Crippen LogP contribution in [0.3, 0.4) is 0 Å². The second-order valence-electron chi connectivity index (χ2n) is 4.89. The van der Waals surface area contributed by atoms with Crippen molar-refractivity contribution in [1.82, 2.24) is 15.6 Å². The number of nitrogens with zero attached hydrogens (tertiary/aromatic N) is 1. The molecule has 1 aromatic rings. The lowest BCUT2D eigenvalue weighted by Crippen LogP contribution is -2.58. The molecule has 1 fully saturated rings. The normalized spacial score (nSPS) is 23.7. The lowest BCUT2D eigenvalue weighted by molar-refractivity contribution is -0.137. The second-order valence-corrected chi connectivity index (χ2v) is 4.89. The van der Waals surface area contributed by atoms with E-state index in [2.05, 4.69) is 15.6 Å². The zero-order valence-electron chi connectivity index (χ0n) is 10.5. The molecule has 2 atom stereocenters. The van der Waals surface area contributed by atoms with Crippen LogP contribution in [0.5, 0.6) is 0 Å². The van der Waals surface area contributed by atoms with E-state index in [-0.39, 0.29) is 11.8 Å². The fourth-order valence-electron chi connectivity index (χ4n) is 2.02. The van der Waals surface area contributed by atoms with E-state index in [0.29, 0.717) is 18.0 Å². The molecule has 1 aromatic heterocycles. The van der Waals surface area contributed by atoms with Crippen LogP contribution in [0.2, 0.25) is 0 Å². The van der Waals surface area contributed by atoms with Gasteiger partial charge in [0.25, 0.3) is 0 Å². The molecule has 1 unspecified atom stereocenters. The molecule has 2 N–H and O–H groups in total. The highest BCUT2D eigenvalue weighted by Crippen LogP contribution is 2.16. The zero-order valence-corrected chi connectivity index (χ0v) is 10.5. The number of carbonyl (C=O) groups is 2. The molecule has 1 aliphatic rings. The van der Waals surface area contributed by atoms with E-state index in [4.69, 9.17) is 0 Å². The first kappa shape index (κ1) is 12.5. The fraction of sp³-hybridized carbons (Fsp3) is 0.462. The summed E-state index contributed by atoms with van der Waals surface area (Å²) in [4.78, 5) is 28.0. The first-order chi connectivity index (χ1) is 8.58. The van der Waals surface area contributed by atoms with Crippen molar-refractivity contribution in [1.29, 1.82) is 0 Å². The minimum atomic E-state index is -0.679. The summed E-state index contributed by atoms with van der Waals surface area (Å²) < 4.78 is 0. The summed E-state index contributed by atoms with van der Waals surface area (Å²) in [7, 11) is 0. The molecule has 1 aliphatic heterocycles. The van der Waals surface area contributed by atoms with Gasteiger partial charge >= 0.3 is 0 Å². The highest BCUT2D eigenvalue weighted by atomic mass is 16.2. The topological polar surface area (TPSA) is 71.1 Å².